The molecule has 0 heterocycles. The largest absolute Gasteiger partial charge is 0.481 e. The van der Waals surface area contributed by atoms with Gasteiger partial charge < -0.3 is 15.7 Å². The second-order valence-corrected chi connectivity index (χ2v) is 6.31. The number of rotatable bonds is 4. The van der Waals surface area contributed by atoms with Crippen LogP contribution in [0.2, 0.25) is 0 Å². The Bertz CT molecular complexity index is 345. The van der Waals surface area contributed by atoms with Crippen molar-refractivity contribution in [2.45, 2.75) is 57.4 Å². The number of carboxylic acids is 1. The van der Waals surface area contributed by atoms with E-state index in [1.807, 2.05) is 0 Å². The van der Waals surface area contributed by atoms with Crippen LogP contribution in [0.5, 0.6) is 0 Å². The van der Waals surface area contributed by atoms with Crippen molar-refractivity contribution < 1.29 is 14.7 Å². The molecule has 2 aliphatic rings. The molecule has 2 rings (SSSR count). The highest BCUT2D eigenvalue weighted by atomic mass is 16.4. The predicted molar refractivity (Wildman–Crippen MR) is 71.9 cm³/mol. The van der Waals surface area contributed by atoms with Gasteiger partial charge in [-0.1, -0.05) is 0 Å². The van der Waals surface area contributed by atoms with E-state index in [1.165, 1.54) is 6.42 Å². The summed E-state index contributed by atoms with van der Waals surface area (Å²) in [4.78, 5) is 22.6. The van der Waals surface area contributed by atoms with Crippen LogP contribution in [0, 0.1) is 11.8 Å². The number of hydrogen-bond acceptors (Lipinski definition) is 2. The van der Waals surface area contributed by atoms with E-state index in [2.05, 4.69) is 17.6 Å². The van der Waals surface area contributed by atoms with Crippen LogP contribution in [-0.4, -0.2) is 29.2 Å². The number of aliphatic carboxylic acids is 1. The lowest BCUT2D eigenvalue weighted by Crippen LogP contribution is -2.54. The first kappa shape index (κ1) is 14.2. The zero-order chi connectivity index (χ0) is 13.9. The number of carboxylic acid groups (broad SMARTS) is 1. The molecule has 19 heavy (non-hydrogen) atoms. The van der Waals surface area contributed by atoms with Gasteiger partial charge in [-0.2, -0.15) is 0 Å². The molecule has 0 aliphatic heterocycles. The Morgan fingerprint density at radius 3 is 2.32 bits per heavy atom. The average molecular weight is 268 g/mol. The van der Waals surface area contributed by atoms with Crippen LogP contribution in [0.3, 0.4) is 0 Å². The van der Waals surface area contributed by atoms with E-state index in [0.717, 1.165) is 38.5 Å². The van der Waals surface area contributed by atoms with Crippen LogP contribution in [-0.2, 0) is 4.79 Å². The summed E-state index contributed by atoms with van der Waals surface area (Å²) in [5, 5.41) is 14.9. The minimum Gasteiger partial charge on any atom is -0.481 e. The summed E-state index contributed by atoms with van der Waals surface area (Å²) >= 11 is 0. The number of urea groups is 1. The maximum absolute atomic E-state index is 11.8. The van der Waals surface area contributed by atoms with Crippen LogP contribution >= 0.6 is 0 Å². The lowest BCUT2D eigenvalue weighted by atomic mass is 9.79. The maximum Gasteiger partial charge on any atom is 0.315 e. The summed E-state index contributed by atoms with van der Waals surface area (Å²) in [6.45, 7) is 2.74. The number of amides is 2. The van der Waals surface area contributed by atoms with Crippen LogP contribution < -0.4 is 10.6 Å². The third-order valence-corrected chi connectivity index (χ3v) is 4.62. The molecule has 0 radical (unpaired) electrons. The van der Waals surface area contributed by atoms with Crippen LogP contribution in [0.15, 0.2) is 0 Å². The third kappa shape index (κ3) is 3.85. The fourth-order valence-electron chi connectivity index (χ4n) is 3.00. The third-order valence-electron chi connectivity index (χ3n) is 4.62. The van der Waals surface area contributed by atoms with Crippen LogP contribution in [0.1, 0.15) is 51.9 Å². The molecule has 3 N–H and O–H groups in total. The Morgan fingerprint density at radius 2 is 1.84 bits per heavy atom. The molecule has 5 nitrogen and oxygen atoms in total. The van der Waals surface area contributed by atoms with Gasteiger partial charge in [-0.05, 0) is 57.8 Å². The molecule has 2 aliphatic carbocycles. The molecule has 108 valence electrons. The van der Waals surface area contributed by atoms with Gasteiger partial charge in [0.2, 0.25) is 0 Å². The number of hydrogen-bond donors (Lipinski definition) is 3. The molecule has 0 spiro atoms. The molecule has 0 unspecified atom stereocenters. The van der Waals surface area contributed by atoms with Crippen molar-refractivity contribution in [3.05, 3.63) is 0 Å². The zero-order valence-electron chi connectivity index (χ0n) is 11.6. The summed E-state index contributed by atoms with van der Waals surface area (Å²) in [6, 6.07) is -0.0810. The van der Waals surface area contributed by atoms with Gasteiger partial charge in [0.25, 0.3) is 0 Å². The molecule has 2 fully saturated rings. The van der Waals surface area contributed by atoms with E-state index in [-0.39, 0.29) is 17.5 Å². The lowest BCUT2D eigenvalue weighted by Gasteiger charge is -2.39. The highest BCUT2D eigenvalue weighted by Crippen LogP contribution is 2.31. The Kier molecular flexibility index (Phi) is 4.32. The van der Waals surface area contributed by atoms with Crippen LogP contribution in [0.4, 0.5) is 4.79 Å². The Hall–Kier alpha value is -1.26. The monoisotopic (exact) mass is 268 g/mol. The van der Waals surface area contributed by atoms with Crippen molar-refractivity contribution in [3.63, 3.8) is 0 Å². The van der Waals surface area contributed by atoms with Crippen molar-refractivity contribution in [2.75, 3.05) is 6.54 Å². The molecule has 0 saturated heterocycles. The lowest BCUT2D eigenvalue weighted by molar-refractivity contribution is -0.143. The molecule has 0 aromatic rings. The molecule has 2 amide bonds. The van der Waals surface area contributed by atoms with Crippen molar-refractivity contribution in [2.24, 2.45) is 11.8 Å². The Balaban J connectivity index is 1.63. The van der Waals surface area contributed by atoms with Gasteiger partial charge in [0.05, 0.1) is 5.92 Å². The Labute approximate surface area is 114 Å². The highest BCUT2D eigenvalue weighted by molar-refractivity contribution is 5.74. The summed E-state index contributed by atoms with van der Waals surface area (Å²) in [5.41, 5.74) is -0.00888. The van der Waals surface area contributed by atoms with E-state index in [9.17, 15) is 9.59 Å². The fourth-order valence-corrected chi connectivity index (χ4v) is 3.00. The standard InChI is InChI=1S/C14H24N2O3/c1-14(7-2-8-14)16-13(19)15-9-10-3-5-11(6-4-10)12(17)18/h10-11H,2-9H2,1H3,(H,17,18)(H2,15,16,19). The summed E-state index contributed by atoms with van der Waals surface area (Å²) in [6.07, 6.45) is 6.58. The smallest absolute Gasteiger partial charge is 0.315 e. The van der Waals surface area contributed by atoms with E-state index < -0.39 is 5.97 Å². The van der Waals surface area contributed by atoms with Gasteiger partial charge in [-0.25, -0.2) is 4.79 Å². The topological polar surface area (TPSA) is 78.4 Å². The van der Waals surface area contributed by atoms with Gasteiger partial charge in [0, 0.05) is 12.1 Å². The molecule has 2 saturated carbocycles. The van der Waals surface area contributed by atoms with E-state index >= 15 is 0 Å². The second kappa shape index (κ2) is 5.80. The van der Waals surface area contributed by atoms with Gasteiger partial charge in [-0.15, -0.1) is 0 Å². The van der Waals surface area contributed by atoms with Gasteiger partial charge in [0.1, 0.15) is 0 Å². The first-order valence-corrected chi connectivity index (χ1v) is 7.27. The van der Waals surface area contributed by atoms with Crippen LogP contribution in [0.25, 0.3) is 0 Å². The Morgan fingerprint density at radius 1 is 1.21 bits per heavy atom. The molecular formula is C14H24N2O3. The number of nitrogens with one attached hydrogen (secondary N) is 2. The van der Waals surface area contributed by atoms with E-state index in [0.29, 0.717) is 12.5 Å². The molecule has 0 bridgehead atoms. The van der Waals surface area contributed by atoms with Gasteiger partial charge in [0.15, 0.2) is 0 Å². The molecule has 0 aromatic carbocycles. The fraction of sp³-hybridized carbons (Fsp3) is 0.857. The maximum atomic E-state index is 11.8. The minimum atomic E-state index is -0.679. The molecule has 0 atom stereocenters. The summed E-state index contributed by atoms with van der Waals surface area (Å²) in [5.74, 6) is -0.434. The zero-order valence-corrected chi connectivity index (χ0v) is 11.6. The molecular weight excluding hydrogens is 244 g/mol. The molecule has 0 aromatic heterocycles. The van der Waals surface area contributed by atoms with Crippen molar-refractivity contribution >= 4 is 12.0 Å². The summed E-state index contributed by atoms with van der Waals surface area (Å²) in [7, 11) is 0. The van der Waals surface area contributed by atoms with E-state index in [4.69, 9.17) is 5.11 Å². The van der Waals surface area contributed by atoms with Gasteiger partial charge >= 0.3 is 12.0 Å². The predicted octanol–water partition coefficient (Wildman–Crippen LogP) is 2.12. The average Bonchev–Trinajstić information content (AvgIpc) is 2.35. The van der Waals surface area contributed by atoms with Crippen molar-refractivity contribution in [3.8, 4) is 0 Å². The first-order valence-electron chi connectivity index (χ1n) is 7.27. The quantitative estimate of drug-likeness (QED) is 0.730. The normalized spacial score (nSPS) is 29.1. The van der Waals surface area contributed by atoms with Gasteiger partial charge in [-0.3, -0.25) is 4.79 Å². The number of carbonyl (C=O) groups excluding carboxylic acids is 1. The minimum absolute atomic E-state index is 0.00888. The first-order chi connectivity index (χ1) is 8.98. The van der Waals surface area contributed by atoms with Crippen molar-refractivity contribution in [1.82, 2.24) is 10.6 Å². The molecule has 5 heteroatoms. The SMILES string of the molecule is CC1(NC(=O)NCC2CCC(C(=O)O)CC2)CCC1. The highest BCUT2D eigenvalue weighted by Gasteiger charge is 2.33. The van der Waals surface area contributed by atoms with Crippen molar-refractivity contribution in [1.29, 1.82) is 0 Å². The summed E-state index contributed by atoms with van der Waals surface area (Å²) < 4.78 is 0. The second-order valence-electron chi connectivity index (χ2n) is 6.31. The van der Waals surface area contributed by atoms with E-state index in [1.54, 1.807) is 0 Å². The number of carbonyl (C=O) groups is 2.